The van der Waals surface area contributed by atoms with Gasteiger partial charge in [0.2, 0.25) is 15.9 Å². The maximum atomic E-state index is 12.3. The van der Waals surface area contributed by atoms with Crippen molar-refractivity contribution in [3.63, 3.8) is 0 Å². The van der Waals surface area contributed by atoms with Crippen molar-refractivity contribution >= 4 is 26.7 Å². The van der Waals surface area contributed by atoms with Crippen molar-refractivity contribution in [2.75, 3.05) is 13.1 Å². The van der Waals surface area contributed by atoms with Gasteiger partial charge < -0.3 is 5.32 Å². The molecule has 6 heteroatoms. The Morgan fingerprint density at radius 3 is 2.48 bits per heavy atom. The molecule has 0 heterocycles. The van der Waals surface area contributed by atoms with Crippen LogP contribution in [0.5, 0.6) is 0 Å². The molecule has 2 aromatic rings. The second-order valence-electron chi connectivity index (χ2n) is 6.54. The molecule has 0 fully saturated rings. The fraction of sp³-hybridized carbons (Fsp3) is 0.421. The van der Waals surface area contributed by atoms with Gasteiger partial charge in [0.05, 0.1) is 4.90 Å². The molecule has 0 aliphatic rings. The Morgan fingerprint density at radius 1 is 1.04 bits per heavy atom. The minimum absolute atomic E-state index is 0.0885. The number of fused-ring (bicyclic) bond motifs is 1. The van der Waals surface area contributed by atoms with Gasteiger partial charge in [0, 0.05) is 19.5 Å². The van der Waals surface area contributed by atoms with Crippen LogP contribution in [-0.2, 0) is 14.8 Å². The van der Waals surface area contributed by atoms with E-state index in [9.17, 15) is 13.2 Å². The highest BCUT2D eigenvalue weighted by atomic mass is 32.2. The van der Waals surface area contributed by atoms with E-state index >= 15 is 0 Å². The molecule has 0 bridgehead atoms. The SMILES string of the molecule is CC(C)CCCNC(=O)CCNS(=O)(=O)c1ccc2ccccc2c1. The second kappa shape index (κ2) is 8.97. The first-order valence-corrected chi connectivity index (χ1v) is 10.1. The average Bonchev–Trinajstić information content (AvgIpc) is 2.58. The Bertz CT molecular complexity index is 816. The number of carbonyl (C=O) groups is 1. The van der Waals surface area contributed by atoms with Crippen molar-refractivity contribution in [3.8, 4) is 0 Å². The van der Waals surface area contributed by atoms with Crippen molar-refractivity contribution in [2.24, 2.45) is 5.92 Å². The van der Waals surface area contributed by atoms with Crippen LogP contribution in [0.15, 0.2) is 47.4 Å². The van der Waals surface area contributed by atoms with Crippen molar-refractivity contribution in [2.45, 2.75) is 38.0 Å². The van der Waals surface area contributed by atoms with Gasteiger partial charge in [0.15, 0.2) is 0 Å². The van der Waals surface area contributed by atoms with Crippen LogP contribution in [-0.4, -0.2) is 27.4 Å². The zero-order valence-corrected chi connectivity index (χ0v) is 15.6. The molecule has 0 aromatic heterocycles. The predicted molar refractivity (Wildman–Crippen MR) is 101 cm³/mol. The van der Waals surface area contributed by atoms with Crippen LogP contribution in [0, 0.1) is 5.92 Å². The summed E-state index contributed by atoms with van der Waals surface area (Å²) in [5.74, 6) is 0.482. The highest BCUT2D eigenvalue weighted by Crippen LogP contribution is 2.18. The third-order valence-corrected chi connectivity index (χ3v) is 5.41. The quantitative estimate of drug-likeness (QED) is 0.673. The summed E-state index contributed by atoms with van der Waals surface area (Å²) in [6.45, 7) is 5.01. The standard InChI is InChI=1S/C19H26N2O3S/c1-15(2)6-5-12-20-19(22)11-13-21-25(23,24)18-10-9-16-7-3-4-8-17(16)14-18/h3-4,7-10,14-15,21H,5-6,11-13H2,1-2H3,(H,20,22). The summed E-state index contributed by atoms with van der Waals surface area (Å²) in [6, 6.07) is 12.6. The molecule has 0 saturated heterocycles. The van der Waals surface area contributed by atoms with E-state index in [1.54, 1.807) is 18.2 Å². The van der Waals surface area contributed by atoms with Crippen LogP contribution >= 0.6 is 0 Å². The molecule has 136 valence electrons. The lowest BCUT2D eigenvalue weighted by Gasteiger charge is -2.09. The van der Waals surface area contributed by atoms with Gasteiger partial charge in [-0.25, -0.2) is 13.1 Å². The van der Waals surface area contributed by atoms with Crippen LogP contribution in [0.1, 0.15) is 33.1 Å². The Labute approximate surface area is 149 Å². The molecule has 5 nitrogen and oxygen atoms in total. The number of sulfonamides is 1. The minimum Gasteiger partial charge on any atom is -0.356 e. The number of rotatable bonds is 9. The first-order valence-electron chi connectivity index (χ1n) is 8.63. The molecule has 0 saturated carbocycles. The Hall–Kier alpha value is -1.92. The molecule has 0 aliphatic heterocycles. The van der Waals surface area contributed by atoms with Crippen LogP contribution in [0.3, 0.4) is 0 Å². The van der Waals surface area contributed by atoms with Crippen LogP contribution in [0.25, 0.3) is 10.8 Å². The Kier molecular flexibility index (Phi) is 6.96. The molecular weight excluding hydrogens is 336 g/mol. The summed E-state index contributed by atoms with van der Waals surface area (Å²) in [5, 5.41) is 4.67. The van der Waals surface area contributed by atoms with E-state index in [0.717, 1.165) is 23.6 Å². The molecule has 2 N–H and O–H groups in total. The fourth-order valence-corrected chi connectivity index (χ4v) is 3.61. The zero-order chi connectivity index (χ0) is 18.3. The van der Waals surface area contributed by atoms with Crippen LogP contribution < -0.4 is 10.0 Å². The summed E-state index contributed by atoms with van der Waals surface area (Å²) >= 11 is 0. The van der Waals surface area contributed by atoms with Gasteiger partial charge in [0.25, 0.3) is 0 Å². The van der Waals surface area contributed by atoms with Crippen LogP contribution in [0.4, 0.5) is 0 Å². The smallest absolute Gasteiger partial charge is 0.240 e. The molecule has 0 spiro atoms. The molecular formula is C19H26N2O3S. The van der Waals surface area contributed by atoms with Gasteiger partial charge >= 0.3 is 0 Å². The van der Waals surface area contributed by atoms with Crippen molar-refractivity contribution in [3.05, 3.63) is 42.5 Å². The van der Waals surface area contributed by atoms with Gasteiger partial charge in [-0.15, -0.1) is 0 Å². The van der Waals surface area contributed by atoms with Crippen LogP contribution in [0.2, 0.25) is 0 Å². The van der Waals surface area contributed by atoms with Crippen molar-refractivity contribution in [1.29, 1.82) is 0 Å². The predicted octanol–water partition coefficient (Wildman–Crippen LogP) is 3.06. The van der Waals surface area contributed by atoms with E-state index in [-0.39, 0.29) is 23.8 Å². The van der Waals surface area contributed by atoms with Gasteiger partial charge in [-0.2, -0.15) is 0 Å². The zero-order valence-electron chi connectivity index (χ0n) is 14.8. The number of hydrogen-bond donors (Lipinski definition) is 2. The maximum Gasteiger partial charge on any atom is 0.240 e. The molecule has 0 radical (unpaired) electrons. The number of amides is 1. The molecule has 0 atom stereocenters. The molecule has 0 aliphatic carbocycles. The number of nitrogens with one attached hydrogen (secondary N) is 2. The monoisotopic (exact) mass is 362 g/mol. The first-order chi connectivity index (χ1) is 11.9. The summed E-state index contributed by atoms with van der Waals surface area (Å²) < 4.78 is 27.2. The van der Waals surface area contributed by atoms with Crippen molar-refractivity contribution < 1.29 is 13.2 Å². The second-order valence-corrected chi connectivity index (χ2v) is 8.31. The van der Waals surface area contributed by atoms with E-state index in [2.05, 4.69) is 23.9 Å². The lowest BCUT2D eigenvalue weighted by atomic mass is 10.1. The normalized spacial score (nSPS) is 11.8. The minimum atomic E-state index is -3.61. The Balaban J connectivity index is 1.83. The summed E-state index contributed by atoms with van der Waals surface area (Å²) in [6.07, 6.45) is 2.13. The summed E-state index contributed by atoms with van der Waals surface area (Å²) in [4.78, 5) is 12.0. The van der Waals surface area contributed by atoms with Gasteiger partial charge in [-0.3, -0.25) is 4.79 Å². The van der Waals surface area contributed by atoms with Gasteiger partial charge in [0.1, 0.15) is 0 Å². The number of carbonyl (C=O) groups excluding carboxylic acids is 1. The molecule has 1 amide bonds. The molecule has 2 rings (SSSR count). The first kappa shape index (κ1) is 19.4. The maximum absolute atomic E-state index is 12.3. The summed E-state index contributed by atoms with van der Waals surface area (Å²) in [7, 11) is -3.61. The third-order valence-electron chi connectivity index (χ3n) is 3.96. The average molecular weight is 362 g/mol. The summed E-state index contributed by atoms with van der Waals surface area (Å²) in [5.41, 5.74) is 0. The molecule has 25 heavy (non-hydrogen) atoms. The van der Waals surface area contributed by atoms with E-state index in [1.165, 1.54) is 0 Å². The van der Waals surface area contributed by atoms with E-state index < -0.39 is 10.0 Å². The number of benzene rings is 2. The van der Waals surface area contributed by atoms with Crippen molar-refractivity contribution in [1.82, 2.24) is 10.0 Å². The number of hydrogen-bond acceptors (Lipinski definition) is 3. The van der Waals surface area contributed by atoms with Gasteiger partial charge in [-0.05, 0) is 41.7 Å². The highest BCUT2D eigenvalue weighted by Gasteiger charge is 2.14. The van der Waals surface area contributed by atoms with E-state index in [1.807, 2.05) is 24.3 Å². The largest absolute Gasteiger partial charge is 0.356 e. The topological polar surface area (TPSA) is 75.3 Å². The third kappa shape index (κ3) is 6.14. The van der Waals surface area contributed by atoms with E-state index in [4.69, 9.17) is 0 Å². The fourth-order valence-electron chi connectivity index (χ4n) is 2.54. The molecule has 2 aromatic carbocycles. The lowest BCUT2D eigenvalue weighted by Crippen LogP contribution is -2.31. The van der Waals surface area contributed by atoms with E-state index in [0.29, 0.717) is 12.5 Å². The highest BCUT2D eigenvalue weighted by molar-refractivity contribution is 7.89. The lowest BCUT2D eigenvalue weighted by molar-refractivity contribution is -0.120. The molecule has 0 unspecified atom stereocenters. The Morgan fingerprint density at radius 2 is 1.76 bits per heavy atom. The van der Waals surface area contributed by atoms with Gasteiger partial charge in [-0.1, -0.05) is 44.2 Å².